The Bertz CT molecular complexity index is 664. The third-order valence-electron chi connectivity index (χ3n) is 2.38. The predicted octanol–water partition coefficient (Wildman–Crippen LogP) is 2.27. The van der Waals surface area contributed by atoms with Crippen LogP contribution in [0.2, 0.25) is 0 Å². The fourth-order valence-corrected chi connectivity index (χ4v) is 1.43. The van der Waals surface area contributed by atoms with E-state index >= 15 is 0 Å². The topological polar surface area (TPSA) is 85.4 Å². The molecule has 0 aliphatic heterocycles. The number of benzene rings is 1. The maximum Gasteiger partial charge on any atom is 0.228 e. The molecule has 0 atom stereocenters. The van der Waals surface area contributed by atoms with Crippen molar-refractivity contribution in [2.45, 2.75) is 6.92 Å². The minimum atomic E-state index is 0.293. The number of aryl methyl sites for hydroxylation is 1. The summed E-state index contributed by atoms with van der Waals surface area (Å²) in [6.45, 7) is 1.91. The lowest BCUT2D eigenvalue weighted by Crippen LogP contribution is -2.00. The second kappa shape index (κ2) is 4.94. The van der Waals surface area contributed by atoms with Crippen LogP contribution in [0.15, 0.2) is 30.5 Å². The lowest BCUT2D eigenvalue weighted by molar-refractivity contribution is 1.14. The fraction of sp³-hybridized carbons (Fsp3) is 0.0769. The van der Waals surface area contributed by atoms with Crippen LogP contribution >= 0.6 is 0 Å². The quantitative estimate of drug-likeness (QED) is 0.862. The molecule has 0 spiro atoms. The van der Waals surface area contributed by atoms with Crippen LogP contribution in [0.5, 0.6) is 0 Å². The van der Waals surface area contributed by atoms with Crippen molar-refractivity contribution >= 4 is 11.6 Å². The SMILES string of the molecule is Cc1ccc(C#N)cc1Nc1nccc(C#N)n1. The maximum absolute atomic E-state index is 8.85. The molecule has 0 fully saturated rings. The Morgan fingerprint density at radius 3 is 2.72 bits per heavy atom. The van der Waals surface area contributed by atoms with Gasteiger partial charge in [-0.05, 0) is 30.7 Å². The summed E-state index contributed by atoms with van der Waals surface area (Å²) in [7, 11) is 0. The molecule has 0 aliphatic rings. The minimum Gasteiger partial charge on any atom is -0.324 e. The molecule has 1 aromatic heterocycles. The third kappa shape index (κ3) is 2.42. The van der Waals surface area contributed by atoms with Crippen molar-refractivity contribution in [3.63, 3.8) is 0 Å². The first-order chi connectivity index (χ1) is 8.72. The number of aromatic nitrogens is 2. The summed E-state index contributed by atoms with van der Waals surface area (Å²) in [4.78, 5) is 8.04. The highest BCUT2D eigenvalue weighted by Gasteiger charge is 2.03. The molecule has 0 radical (unpaired) electrons. The van der Waals surface area contributed by atoms with E-state index in [0.717, 1.165) is 11.3 Å². The second-order valence-electron chi connectivity index (χ2n) is 3.64. The summed E-state index contributed by atoms with van der Waals surface area (Å²) >= 11 is 0. The highest BCUT2D eigenvalue weighted by atomic mass is 15.1. The van der Waals surface area contributed by atoms with E-state index in [1.165, 1.54) is 12.3 Å². The Kier molecular flexibility index (Phi) is 3.17. The Balaban J connectivity index is 2.34. The summed E-state index contributed by atoms with van der Waals surface area (Å²) in [5.41, 5.74) is 2.57. The van der Waals surface area contributed by atoms with Crippen LogP contribution in [0.25, 0.3) is 0 Å². The molecule has 2 aromatic rings. The van der Waals surface area contributed by atoms with Crippen molar-refractivity contribution < 1.29 is 0 Å². The number of nitrogens with zero attached hydrogens (tertiary/aromatic N) is 4. The van der Waals surface area contributed by atoms with Gasteiger partial charge in [-0.2, -0.15) is 10.5 Å². The molecule has 5 nitrogen and oxygen atoms in total. The molecule has 86 valence electrons. The van der Waals surface area contributed by atoms with Gasteiger partial charge in [0.15, 0.2) is 0 Å². The van der Waals surface area contributed by atoms with Gasteiger partial charge in [-0.3, -0.25) is 0 Å². The Morgan fingerprint density at radius 2 is 2.00 bits per heavy atom. The van der Waals surface area contributed by atoms with E-state index in [2.05, 4.69) is 21.4 Å². The predicted molar refractivity (Wildman–Crippen MR) is 65.9 cm³/mol. The van der Waals surface area contributed by atoms with Gasteiger partial charge in [0.2, 0.25) is 5.95 Å². The molecule has 1 N–H and O–H groups in total. The van der Waals surface area contributed by atoms with Gasteiger partial charge in [-0.15, -0.1) is 0 Å². The summed E-state index contributed by atoms with van der Waals surface area (Å²) in [6.07, 6.45) is 1.51. The van der Waals surface area contributed by atoms with Crippen LogP contribution in [0.1, 0.15) is 16.8 Å². The largest absolute Gasteiger partial charge is 0.324 e. The highest BCUT2D eigenvalue weighted by molar-refractivity contribution is 5.61. The lowest BCUT2D eigenvalue weighted by atomic mass is 10.1. The first kappa shape index (κ1) is 11.6. The van der Waals surface area contributed by atoms with Gasteiger partial charge in [-0.1, -0.05) is 6.07 Å². The molecule has 0 aliphatic carbocycles. The first-order valence-corrected chi connectivity index (χ1v) is 5.24. The number of hydrogen-bond acceptors (Lipinski definition) is 5. The minimum absolute atomic E-state index is 0.293. The highest BCUT2D eigenvalue weighted by Crippen LogP contribution is 2.19. The van der Waals surface area contributed by atoms with Crippen molar-refractivity contribution in [2.75, 3.05) is 5.32 Å². The van der Waals surface area contributed by atoms with Gasteiger partial charge in [0.05, 0.1) is 11.6 Å². The van der Waals surface area contributed by atoms with E-state index in [1.807, 2.05) is 19.1 Å². The number of anilines is 2. The van der Waals surface area contributed by atoms with Gasteiger partial charge >= 0.3 is 0 Å². The summed E-state index contributed by atoms with van der Waals surface area (Å²) in [5.74, 6) is 0.340. The zero-order valence-electron chi connectivity index (χ0n) is 9.68. The zero-order chi connectivity index (χ0) is 13.0. The molecule has 0 amide bonds. The summed E-state index contributed by atoms with van der Waals surface area (Å²) < 4.78 is 0. The van der Waals surface area contributed by atoms with Gasteiger partial charge in [-0.25, -0.2) is 9.97 Å². The first-order valence-electron chi connectivity index (χ1n) is 5.24. The molecule has 5 heteroatoms. The average molecular weight is 235 g/mol. The zero-order valence-corrected chi connectivity index (χ0v) is 9.68. The average Bonchev–Trinajstić information content (AvgIpc) is 2.41. The van der Waals surface area contributed by atoms with Crippen LogP contribution in [-0.2, 0) is 0 Å². The lowest BCUT2D eigenvalue weighted by Gasteiger charge is -2.08. The summed E-state index contributed by atoms with van der Waals surface area (Å²) in [6, 6.07) is 10.9. The van der Waals surface area contributed by atoms with Crippen LogP contribution in [0.4, 0.5) is 11.6 Å². The van der Waals surface area contributed by atoms with Crippen LogP contribution in [-0.4, -0.2) is 9.97 Å². The van der Waals surface area contributed by atoms with Gasteiger partial charge in [0, 0.05) is 11.9 Å². The Hall–Kier alpha value is -2.92. The van der Waals surface area contributed by atoms with Crippen molar-refractivity contribution in [3.8, 4) is 12.1 Å². The molecular formula is C13H9N5. The van der Waals surface area contributed by atoms with Gasteiger partial charge < -0.3 is 5.32 Å². The van der Waals surface area contributed by atoms with Crippen molar-refractivity contribution in [3.05, 3.63) is 47.3 Å². The van der Waals surface area contributed by atoms with Crippen LogP contribution in [0, 0.1) is 29.6 Å². The van der Waals surface area contributed by atoms with E-state index in [0.29, 0.717) is 17.2 Å². The molecule has 1 heterocycles. The number of nitriles is 2. The van der Waals surface area contributed by atoms with Gasteiger partial charge in [0.25, 0.3) is 0 Å². The third-order valence-corrected chi connectivity index (χ3v) is 2.38. The number of hydrogen-bond donors (Lipinski definition) is 1. The van der Waals surface area contributed by atoms with Crippen LogP contribution in [0.3, 0.4) is 0 Å². The smallest absolute Gasteiger partial charge is 0.228 e. The molecule has 1 aromatic carbocycles. The summed E-state index contributed by atoms with van der Waals surface area (Å²) in [5, 5.41) is 20.6. The maximum atomic E-state index is 8.85. The van der Waals surface area contributed by atoms with Crippen molar-refractivity contribution in [1.82, 2.24) is 9.97 Å². The molecule has 0 unspecified atom stereocenters. The molecular weight excluding hydrogens is 226 g/mol. The van der Waals surface area contributed by atoms with E-state index in [9.17, 15) is 0 Å². The number of rotatable bonds is 2. The van der Waals surface area contributed by atoms with E-state index in [1.54, 1.807) is 12.1 Å². The molecule has 0 saturated heterocycles. The standard InChI is InChI=1S/C13H9N5/c1-9-2-3-10(7-14)6-12(9)18-13-16-5-4-11(8-15)17-13/h2-6H,1H3,(H,16,17,18). The monoisotopic (exact) mass is 235 g/mol. The molecule has 18 heavy (non-hydrogen) atoms. The van der Waals surface area contributed by atoms with Gasteiger partial charge in [0.1, 0.15) is 11.8 Å². The molecule has 0 saturated carbocycles. The van der Waals surface area contributed by atoms with E-state index in [-0.39, 0.29) is 0 Å². The second-order valence-corrected chi connectivity index (χ2v) is 3.64. The van der Waals surface area contributed by atoms with Crippen LogP contribution < -0.4 is 5.32 Å². The molecule has 2 rings (SSSR count). The van der Waals surface area contributed by atoms with Crippen molar-refractivity contribution in [1.29, 1.82) is 10.5 Å². The molecule has 0 bridgehead atoms. The van der Waals surface area contributed by atoms with E-state index < -0.39 is 0 Å². The van der Waals surface area contributed by atoms with E-state index in [4.69, 9.17) is 10.5 Å². The normalized spacial score (nSPS) is 9.28. The fourth-order valence-electron chi connectivity index (χ4n) is 1.43. The van der Waals surface area contributed by atoms with Crippen molar-refractivity contribution in [2.24, 2.45) is 0 Å². The Morgan fingerprint density at radius 1 is 1.17 bits per heavy atom. The number of nitrogens with one attached hydrogen (secondary N) is 1. The Labute approximate surface area is 104 Å².